The van der Waals surface area contributed by atoms with Gasteiger partial charge in [-0.2, -0.15) is 0 Å². The maximum absolute atomic E-state index is 5.60. The van der Waals surface area contributed by atoms with E-state index >= 15 is 0 Å². The van der Waals surface area contributed by atoms with Gasteiger partial charge >= 0.3 is 0 Å². The molecule has 2 bridgehead atoms. The van der Waals surface area contributed by atoms with Gasteiger partial charge in [-0.3, -0.25) is 0 Å². The summed E-state index contributed by atoms with van der Waals surface area (Å²) in [5.74, 6) is 0.944. The van der Waals surface area contributed by atoms with Crippen molar-refractivity contribution in [3.8, 4) is 0 Å². The number of unbranched alkanes of at least 4 members (excludes halogenated alkanes) is 1. The van der Waals surface area contributed by atoms with E-state index in [1.165, 1.54) is 32.1 Å². The van der Waals surface area contributed by atoms with Crippen LogP contribution >= 0.6 is 0 Å². The topological polar surface area (TPSA) is 21.3 Å². The molecule has 0 saturated heterocycles. The molecular formula is C17H33NO. The van der Waals surface area contributed by atoms with E-state index in [4.69, 9.17) is 4.74 Å². The minimum atomic E-state index is 0.372. The van der Waals surface area contributed by atoms with Crippen LogP contribution in [0.2, 0.25) is 0 Å². The Kier molecular flexibility index (Phi) is 4.62. The van der Waals surface area contributed by atoms with E-state index in [9.17, 15) is 0 Å². The van der Waals surface area contributed by atoms with Crippen LogP contribution in [0.15, 0.2) is 0 Å². The highest BCUT2D eigenvalue weighted by atomic mass is 16.5. The Morgan fingerprint density at radius 3 is 2.53 bits per heavy atom. The number of ether oxygens (including phenoxy) is 1. The minimum Gasteiger partial charge on any atom is -0.379 e. The SMILES string of the molecule is CC(C)OCCCCNC1C(C)(C)[C@H]2CC[C@]1(C)C2. The molecule has 2 saturated carbocycles. The van der Waals surface area contributed by atoms with Crippen molar-refractivity contribution in [1.82, 2.24) is 5.32 Å². The van der Waals surface area contributed by atoms with Gasteiger partial charge in [0.1, 0.15) is 0 Å². The van der Waals surface area contributed by atoms with E-state index in [0.717, 1.165) is 19.1 Å². The van der Waals surface area contributed by atoms with Gasteiger partial charge in [0.05, 0.1) is 6.10 Å². The summed E-state index contributed by atoms with van der Waals surface area (Å²) >= 11 is 0. The first-order valence-electron chi connectivity index (χ1n) is 8.21. The first-order chi connectivity index (χ1) is 8.86. The molecule has 0 aromatic carbocycles. The van der Waals surface area contributed by atoms with Gasteiger partial charge in [0.25, 0.3) is 0 Å². The van der Waals surface area contributed by atoms with Gasteiger partial charge in [0, 0.05) is 12.6 Å². The van der Waals surface area contributed by atoms with Crippen molar-refractivity contribution in [3.05, 3.63) is 0 Å². The maximum Gasteiger partial charge on any atom is 0.0518 e. The van der Waals surface area contributed by atoms with Crippen molar-refractivity contribution in [2.24, 2.45) is 16.7 Å². The molecule has 2 nitrogen and oxygen atoms in total. The number of hydrogen-bond donors (Lipinski definition) is 1. The Hall–Kier alpha value is -0.0800. The monoisotopic (exact) mass is 267 g/mol. The Balaban J connectivity index is 1.71. The Morgan fingerprint density at radius 2 is 1.95 bits per heavy atom. The largest absolute Gasteiger partial charge is 0.379 e. The lowest BCUT2D eigenvalue weighted by molar-refractivity contribution is 0.0740. The highest BCUT2D eigenvalue weighted by molar-refractivity contribution is 5.11. The van der Waals surface area contributed by atoms with Gasteiger partial charge in [-0.25, -0.2) is 0 Å². The van der Waals surface area contributed by atoms with Crippen molar-refractivity contribution in [2.45, 2.75) is 78.9 Å². The zero-order chi connectivity index (χ0) is 14.1. The van der Waals surface area contributed by atoms with Crippen LogP contribution in [-0.2, 0) is 4.74 Å². The second-order valence-electron chi connectivity index (χ2n) is 7.93. The van der Waals surface area contributed by atoms with Crippen molar-refractivity contribution < 1.29 is 4.74 Å². The maximum atomic E-state index is 5.60. The summed E-state index contributed by atoms with van der Waals surface area (Å²) in [6.07, 6.45) is 7.10. The lowest BCUT2D eigenvalue weighted by atomic mass is 9.68. The molecule has 2 heteroatoms. The molecule has 0 radical (unpaired) electrons. The number of nitrogens with one attached hydrogen (secondary N) is 1. The molecule has 0 aromatic rings. The van der Waals surface area contributed by atoms with Gasteiger partial charge in [0.15, 0.2) is 0 Å². The van der Waals surface area contributed by atoms with Gasteiger partial charge in [-0.15, -0.1) is 0 Å². The normalized spacial score (nSPS) is 36.3. The fourth-order valence-electron chi connectivity index (χ4n) is 4.60. The molecule has 2 aliphatic rings. The van der Waals surface area contributed by atoms with E-state index < -0.39 is 0 Å². The number of rotatable bonds is 7. The molecule has 2 fully saturated rings. The molecule has 1 N–H and O–H groups in total. The summed E-state index contributed by atoms with van der Waals surface area (Å²) in [6, 6.07) is 0.713. The predicted molar refractivity (Wildman–Crippen MR) is 81.3 cm³/mol. The number of fused-ring (bicyclic) bond motifs is 2. The molecular weight excluding hydrogens is 234 g/mol. The molecule has 0 aromatic heterocycles. The fourth-order valence-corrected chi connectivity index (χ4v) is 4.60. The van der Waals surface area contributed by atoms with Gasteiger partial charge < -0.3 is 10.1 Å². The van der Waals surface area contributed by atoms with Crippen LogP contribution in [0.25, 0.3) is 0 Å². The lowest BCUT2D eigenvalue weighted by Gasteiger charge is -2.43. The summed E-state index contributed by atoms with van der Waals surface area (Å²) in [6.45, 7) is 13.7. The van der Waals surface area contributed by atoms with E-state index in [2.05, 4.69) is 39.9 Å². The first kappa shape index (κ1) is 15.3. The van der Waals surface area contributed by atoms with Crippen molar-refractivity contribution >= 4 is 0 Å². The lowest BCUT2D eigenvalue weighted by Crippen LogP contribution is -2.50. The fraction of sp³-hybridized carbons (Fsp3) is 1.00. The van der Waals surface area contributed by atoms with Crippen LogP contribution < -0.4 is 5.32 Å². The van der Waals surface area contributed by atoms with Crippen LogP contribution in [0.4, 0.5) is 0 Å². The molecule has 112 valence electrons. The van der Waals surface area contributed by atoms with E-state index in [1.807, 2.05) is 0 Å². The second-order valence-corrected chi connectivity index (χ2v) is 7.93. The molecule has 0 amide bonds. The Labute approximate surface area is 119 Å². The van der Waals surface area contributed by atoms with Crippen molar-refractivity contribution in [3.63, 3.8) is 0 Å². The van der Waals surface area contributed by atoms with Crippen LogP contribution in [0.1, 0.15) is 66.7 Å². The molecule has 3 atom stereocenters. The quantitative estimate of drug-likeness (QED) is 0.704. The standard InChI is InChI=1S/C17H33NO/c1-13(2)19-11-7-6-10-18-15-16(3,4)14-8-9-17(15,5)12-14/h13-15,18H,6-12H2,1-5H3/t14-,15?,17+/m0/s1. The highest BCUT2D eigenvalue weighted by Gasteiger charge is 2.58. The molecule has 19 heavy (non-hydrogen) atoms. The Morgan fingerprint density at radius 1 is 1.21 bits per heavy atom. The van der Waals surface area contributed by atoms with E-state index in [1.54, 1.807) is 0 Å². The molecule has 2 aliphatic carbocycles. The van der Waals surface area contributed by atoms with Crippen LogP contribution in [-0.4, -0.2) is 25.3 Å². The van der Waals surface area contributed by atoms with Gasteiger partial charge in [-0.1, -0.05) is 20.8 Å². The summed E-state index contributed by atoms with van der Waals surface area (Å²) in [7, 11) is 0. The smallest absolute Gasteiger partial charge is 0.0518 e. The van der Waals surface area contributed by atoms with Crippen molar-refractivity contribution in [1.29, 1.82) is 0 Å². The van der Waals surface area contributed by atoms with Gasteiger partial charge in [-0.05, 0) is 69.2 Å². The molecule has 0 spiro atoms. The molecule has 0 aliphatic heterocycles. The summed E-state index contributed by atoms with van der Waals surface area (Å²) in [4.78, 5) is 0. The van der Waals surface area contributed by atoms with Crippen LogP contribution in [0, 0.1) is 16.7 Å². The zero-order valence-electron chi connectivity index (χ0n) is 13.6. The zero-order valence-corrected chi connectivity index (χ0v) is 13.6. The molecule has 2 rings (SSSR count). The third-order valence-electron chi connectivity index (χ3n) is 5.64. The summed E-state index contributed by atoms with van der Waals surface area (Å²) < 4.78 is 5.60. The van der Waals surface area contributed by atoms with E-state index in [-0.39, 0.29) is 0 Å². The van der Waals surface area contributed by atoms with E-state index in [0.29, 0.717) is 23.0 Å². The number of hydrogen-bond acceptors (Lipinski definition) is 2. The van der Waals surface area contributed by atoms with Crippen molar-refractivity contribution in [2.75, 3.05) is 13.2 Å². The third kappa shape index (κ3) is 3.16. The summed E-state index contributed by atoms with van der Waals surface area (Å²) in [5, 5.41) is 3.88. The van der Waals surface area contributed by atoms with Crippen LogP contribution in [0.3, 0.4) is 0 Å². The molecule has 0 heterocycles. The Bertz CT molecular complexity index is 295. The average Bonchev–Trinajstić information content (AvgIpc) is 2.77. The van der Waals surface area contributed by atoms with Gasteiger partial charge in [0.2, 0.25) is 0 Å². The predicted octanol–water partition coefficient (Wildman–Crippen LogP) is 4.00. The molecule has 1 unspecified atom stereocenters. The first-order valence-corrected chi connectivity index (χ1v) is 8.21. The third-order valence-corrected chi connectivity index (χ3v) is 5.64. The van der Waals surface area contributed by atoms with Crippen LogP contribution in [0.5, 0.6) is 0 Å². The average molecular weight is 267 g/mol. The second kappa shape index (κ2) is 5.73. The summed E-state index contributed by atoms with van der Waals surface area (Å²) in [5.41, 5.74) is 1.05. The highest BCUT2D eigenvalue weighted by Crippen LogP contribution is 2.62. The minimum absolute atomic E-state index is 0.372.